The fraction of sp³-hybridized carbons (Fsp3) is 0.158. The normalized spacial score (nSPS) is 15.6. The van der Waals surface area contributed by atoms with Crippen LogP contribution in [-0.2, 0) is 9.68 Å². The minimum atomic E-state index is -1.80. The van der Waals surface area contributed by atoms with Gasteiger partial charge in [-0.15, -0.1) is 10.1 Å². The van der Waals surface area contributed by atoms with Crippen LogP contribution in [0.25, 0.3) is 0 Å². The number of rotatable bonds is 6. The Labute approximate surface area is 157 Å². The van der Waals surface area contributed by atoms with Crippen molar-refractivity contribution < 1.29 is 33.2 Å². The molecule has 0 fully saturated rings. The Balaban J connectivity index is 1.32. The van der Waals surface area contributed by atoms with Gasteiger partial charge in [0.1, 0.15) is 13.2 Å². The predicted octanol–water partition coefficient (Wildman–Crippen LogP) is 1.78. The summed E-state index contributed by atoms with van der Waals surface area (Å²) in [6, 6.07) is 12.3. The number of imide groups is 2. The summed E-state index contributed by atoms with van der Waals surface area (Å²) in [6.45, 7) is -1.34. The summed E-state index contributed by atoms with van der Waals surface area (Å²) in [5.41, 5.74) is 0.686. The van der Waals surface area contributed by atoms with E-state index in [4.69, 9.17) is 9.68 Å². The summed E-state index contributed by atoms with van der Waals surface area (Å²) in [5, 5.41) is 0.971. The van der Waals surface area contributed by atoms with E-state index < -0.39 is 43.0 Å². The Morgan fingerprint density at radius 3 is 1.21 bits per heavy atom. The smallest absolute Gasteiger partial charge is 0.266 e. The van der Waals surface area contributed by atoms with Crippen molar-refractivity contribution in [3.8, 4) is 0 Å². The first kappa shape index (κ1) is 18.0. The second kappa shape index (κ2) is 6.95. The monoisotopic (exact) mass is 384 g/mol. The van der Waals surface area contributed by atoms with Gasteiger partial charge >= 0.3 is 0 Å². The predicted molar refractivity (Wildman–Crippen MR) is 90.7 cm³/mol. The first-order valence-corrected chi connectivity index (χ1v) is 8.34. The van der Waals surface area contributed by atoms with Crippen molar-refractivity contribution in [3.63, 3.8) is 0 Å². The van der Waals surface area contributed by atoms with Crippen LogP contribution in [0.15, 0.2) is 48.5 Å². The Morgan fingerprint density at radius 2 is 0.929 bits per heavy atom. The molecule has 2 heterocycles. The third kappa shape index (κ3) is 2.86. The van der Waals surface area contributed by atoms with Gasteiger partial charge in [0.25, 0.3) is 23.6 Å². The van der Waals surface area contributed by atoms with Gasteiger partial charge in [-0.05, 0) is 24.3 Å². The lowest BCUT2D eigenvalue weighted by Crippen LogP contribution is -2.36. The molecular weight excluding hydrogens is 371 g/mol. The molecule has 0 aromatic heterocycles. The lowest BCUT2D eigenvalue weighted by Gasteiger charge is -2.17. The van der Waals surface area contributed by atoms with Crippen LogP contribution >= 0.6 is 0 Å². The highest BCUT2D eigenvalue weighted by molar-refractivity contribution is 6.21. The van der Waals surface area contributed by atoms with E-state index in [9.17, 15) is 23.6 Å². The Bertz CT molecular complexity index is 858. The van der Waals surface area contributed by atoms with E-state index in [2.05, 4.69) is 0 Å². The van der Waals surface area contributed by atoms with Crippen LogP contribution in [0, 0.1) is 0 Å². The van der Waals surface area contributed by atoms with Crippen LogP contribution in [0.4, 0.5) is 4.39 Å². The molecular formula is C19H13FN2O6. The van der Waals surface area contributed by atoms with Gasteiger partial charge in [-0.3, -0.25) is 28.9 Å². The first-order chi connectivity index (χ1) is 13.5. The summed E-state index contributed by atoms with van der Waals surface area (Å²) >= 11 is 0. The zero-order valence-electron chi connectivity index (χ0n) is 14.3. The van der Waals surface area contributed by atoms with Crippen molar-refractivity contribution in [2.24, 2.45) is 0 Å². The first-order valence-electron chi connectivity index (χ1n) is 8.34. The number of benzene rings is 2. The van der Waals surface area contributed by atoms with E-state index in [1.54, 1.807) is 24.3 Å². The molecule has 0 saturated heterocycles. The number of hydrogen-bond donors (Lipinski definition) is 0. The number of carbonyl (C=O) groups excluding carboxylic acids is 4. The van der Waals surface area contributed by atoms with Crippen molar-refractivity contribution in [1.82, 2.24) is 10.1 Å². The third-order valence-electron chi connectivity index (χ3n) is 4.28. The van der Waals surface area contributed by atoms with Crippen LogP contribution in [-0.4, -0.2) is 53.1 Å². The molecule has 4 amide bonds. The van der Waals surface area contributed by atoms with E-state index in [-0.39, 0.29) is 22.3 Å². The summed E-state index contributed by atoms with van der Waals surface area (Å²) in [4.78, 5) is 58.5. The maximum Gasteiger partial charge on any atom is 0.285 e. The Hall–Kier alpha value is -3.43. The van der Waals surface area contributed by atoms with Gasteiger partial charge in [0.2, 0.25) is 0 Å². The highest BCUT2D eigenvalue weighted by Gasteiger charge is 2.38. The fourth-order valence-electron chi connectivity index (χ4n) is 2.93. The van der Waals surface area contributed by atoms with Crippen molar-refractivity contribution in [2.75, 3.05) is 13.2 Å². The number of hydrogen-bond acceptors (Lipinski definition) is 6. The summed E-state index contributed by atoms with van der Waals surface area (Å²) in [5.74, 6) is -2.74. The lowest BCUT2D eigenvalue weighted by atomic mass is 10.1. The molecule has 2 aliphatic heterocycles. The molecule has 4 rings (SSSR count). The molecule has 2 aromatic carbocycles. The number of carbonyl (C=O) groups is 4. The topological polar surface area (TPSA) is 93.2 Å². The summed E-state index contributed by atoms with van der Waals surface area (Å²) in [7, 11) is 0. The van der Waals surface area contributed by atoms with Crippen LogP contribution < -0.4 is 0 Å². The van der Waals surface area contributed by atoms with Gasteiger partial charge in [0, 0.05) is 0 Å². The average Bonchev–Trinajstić information content (AvgIpc) is 3.10. The average molecular weight is 384 g/mol. The van der Waals surface area contributed by atoms with Crippen LogP contribution in [0.2, 0.25) is 0 Å². The van der Waals surface area contributed by atoms with Crippen molar-refractivity contribution >= 4 is 23.6 Å². The number of hydroxylamine groups is 4. The second-order valence-corrected chi connectivity index (χ2v) is 6.09. The molecule has 0 atom stereocenters. The van der Waals surface area contributed by atoms with Gasteiger partial charge in [0.05, 0.1) is 22.3 Å². The Morgan fingerprint density at radius 1 is 0.643 bits per heavy atom. The maximum absolute atomic E-state index is 14.1. The minimum Gasteiger partial charge on any atom is -0.266 e. The molecule has 28 heavy (non-hydrogen) atoms. The molecule has 8 nitrogen and oxygen atoms in total. The standard InChI is InChI=1S/C19H13FN2O6/c20-11(9-27-21-16(23)12-5-1-2-6-13(12)17(21)24)10-28-22-18(25)14-7-3-4-8-15(14)19(22)26/h1-8,11H,9-10H2. The van der Waals surface area contributed by atoms with Crippen LogP contribution in [0.1, 0.15) is 41.4 Å². The molecule has 2 aliphatic rings. The molecule has 142 valence electrons. The van der Waals surface area contributed by atoms with Gasteiger partial charge < -0.3 is 0 Å². The van der Waals surface area contributed by atoms with E-state index in [0.29, 0.717) is 10.1 Å². The highest BCUT2D eigenvalue weighted by atomic mass is 19.1. The number of amides is 4. The maximum atomic E-state index is 14.1. The van der Waals surface area contributed by atoms with Crippen molar-refractivity contribution in [3.05, 3.63) is 70.8 Å². The van der Waals surface area contributed by atoms with Gasteiger partial charge in [-0.1, -0.05) is 24.3 Å². The van der Waals surface area contributed by atoms with Crippen LogP contribution in [0.5, 0.6) is 0 Å². The van der Waals surface area contributed by atoms with E-state index in [1.807, 2.05) is 0 Å². The van der Waals surface area contributed by atoms with E-state index in [1.165, 1.54) is 24.3 Å². The SMILES string of the molecule is O=C1c2ccccc2C(=O)N1OCC(F)CON1C(=O)c2ccccc2C1=O. The number of halogens is 1. The molecule has 0 spiro atoms. The second-order valence-electron chi connectivity index (χ2n) is 6.09. The lowest BCUT2D eigenvalue weighted by molar-refractivity contribution is -0.140. The summed E-state index contributed by atoms with van der Waals surface area (Å²) < 4.78 is 14.1. The van der Waals surface area contributed by atoms with Gasteiger partial charge in [-0.25, -0.2) is 4.39 Å². The largest absolute Gasteiger partial charge is 0.285 e. The van der Waals surface area contributed by atoms with Crippen LogP contribution in [0.3, 0.4) is 0 Å². The van der Waals surface area contributed by atoms with Gasteiger partial charge in [0.15, 0.2) is 6.17 Å². The van der Waals surface area contributed by atoms with Crippen molar-refractivity contribution in [1.29, 1.82) is 0 Å². The molecule has 0 unspecified atom stereocenters. The van der Waals surface area contributed by atoms with E-state index in [0.717, 1.165) is 0 Å². The zero-order chi connectivity index (χ0) is 19.8. The van der Waals surface area contributed by atoms with Gasteiger partial charge in [-0.2, -0.15) is 0 Å². The highest BCUT2D eigenvalue weighted by Crippen LogP contribution is 2.24. The molecule has 0 saturated carbocycles. The molecule has 0 aliphatic carbocycles. The zero-order valence-corrected chi connectivity index (χ0v) is 14.3. The number of fused-ring (bicyclic) bond motifs is 2. The molecule has 0 bridgehead atoms. The molecule has 0 radical (unpaired) electrons. The summed E-state index contributed by atoms with van der Waals surface area (Å²) in [6.07, 6.45) is -1.80. The molecule has 9 heteroatoms. The van der Waals surface area contributed by atoms with Crippen molar-refractivity contribution in [2.45, 2.75) is 6.17 Å². The molecule has 2 aromatic rings. The third-order valence-corrected chi connectivity index (χ3v) is 4.28. The minimum absolute atomic E-state index is 0.171. The number of nitrogens with zero attached hydrogens (tertiary/aromatic N) is 2. The fourth-order valence-corrected chi connectivity index (χ4v) is 2.93. The number of alkyl halides is 1. The quantitative estimate of drug-likeness (QED) is 0.705. The Kier molecular flexibility index (Phi) is 4.46. The molecule has 0 N–H and O–H groups in total. The van der Waals surface area contributed by atoms with E-state index >= 15 is 0 Å².